The zero-order valence-electron chi connectivity index (χ0n) is 12.1. The molecule has 2 rings (SSSR count). The van der Waals surface area contributed by atoms with Crippen LogP contribution in [0.3, 0.4) is 0 Å². The number of carbonyl (C=O) groups excluding carboxylic acids is 1. The van der Waals surface area contributed by atoms with E-state index in [4.69, 9.17) is 9.47 Å². The topological polar surface area (TPSA) is 38.8 Å². The molecule has 0 saturated carbocycles. The Hall–Kier alpha value is -1.39. The summed E-state index contributed by atoms with van der Waals surface area (Å²) >= 11 is 0. The van der Waals surface area contributed by atoms with Crippen LogP contribution in [0.5, 0.6) is 5.75 Å². The van der Waals surface area contributed by atoms with Crippen molar-refractivity contribution in [1.82, 2.24) is 4.90 Å². The average Bonchev–Trinajstić information content (AvgIpc) is 2.52. The minimum atomic E-state index is 0.170. The summed E-state index contributed by atoms with van der Waals surface area (Å²) in [5.74, 6) is 1.00. The predicted octanol–water partition coefficient (Wildman–Crippen LogP) is 2.38. The summed E-state index contributed by atoms with van der Waals surface area (Å²) in [6, 6.07) is 7.42. The lowest BCUT2D eigenvalue weighted by molar-refractivity contribution is 0.0358. The van der Waals surface area contributed by atoms with Crippen molar-refractivity contribution in [3.05, 3.63) is 29.8 Å². The molecule has 1 aromatic carbocycles. The fraction of sp³-hybridized carbons (Fsp3) is 0.562. The number of morpholine rings is 1. The van der Waals surface area contributed by atoms with E-state index in [0.29, 0.717) is 13.0 Å². The van der Waals surface area contributed by atoms with E-state index < -0.39 is 0 Å². The van der Waals surface area contributed by atoms with E-state index in [0.717, 1.165) is 50.6 Å². The van der Waals surface area contributed by atoms with E-state index >= 15 is 0 Å². The SMILES string of the molecule is CCC(=O)c1ccc(OCCCN2CCOCC2)cc1. The number of ketones is 1. The molecule has 0 aliphatic carbocycles. The molecule has 0 aromatic heterocycles. The highest BCUT2D eigenvalue weighted by molar-refractivity contribution is 5.95. The summed E-state index contributed by atoms with van der Waals surface area (Å²) in [5.41, 5.74) is 0.758. The lowest BCUT2D eigenvalue weighted by Gasteiger charge is -2.26. The Balaban J connectivity index is 1.67. The molecule has 1 heterocycles. The van der Waals surface area contributed by atoms with Crippen LogP contribution in [0, 0.1) is 0 Å². The molecule has 0 spiro atoms. The van der Waals surface area contributed by atoms with Crippen molar-refractivity contribution in [3.63, 3.8) is 0 Å². The van der Waals surface area contributed by atoms with E-state index in [-0.39, 0.29) is 5.78 Å². The molecule has 1 saturated heterocycles. The van der Waals surface area contributed by atoms with Gasteiger partial charge in [0, 0.05) is 31.6 Å². The molecule has 20 heavy (non-hydrogen) atoms. The summed E-state index contributed by atoms with van der Waals surface area (Å²) in [7, 11) is 0. The molecule has 4 heteroatoms. The molecule has 0 bridgehead atoms. The van der Waals surface area contributed by atoms with Gasteiger partial charge in [-0.05, 0) is 30.7 Å². The van der Waals surface area contributed by atoms with E-state index in [1.165, 1.54) is 0 Å². The number of benzene rings is 1. The van der Waals surface area contributed by atoms with Crippen LogP contribution in [0.1, 0.15) is 30.1 Å². The maximum atomic E-state index is 11.5. The van der Waals surface area contributed by atoms with E-state index in [9.17, 15) is 4.79 Å². The number of rotatable bonds is 7. The van der Waals surface area contributed by atoms with Crippen molar-refractivity contribution in [2.45, 2.75) is 19.8 Å². The molecular weight excluding hydrogens is 254 g/mol. The van der Waals surface area contributed by atoms with Crippen molar-refractivity contribution in [2.24, 2.45) is 0 Å². The van der Waals surface area contributed by atoms with Crippen LogP contribution in [-0.2, 0) is 4.74 Å². The largest absolute Gasteiger partial charge is 0.494 e. The van der Waals surface area contributed by atoms with Crippen molar-refractivity contribution in [1.29, 1.82) is 0 Å². The molecule has 110 valence electrons. The normalized spacial score (nSPS) is 16.1. The minimum Gasteiger partial charge on any atom is -0.494 e. The van der Waals surface area contributed by atoms with Gasteiger partial charge in [-0.1, -0.05) is 6.92 Å². The number of ether oxygens (including phenoxy) is 2. The molecule has 1 aliphatic rings. The van der Waals surface area contributed by atoms with Gasteiger partial charge in [0.1, 0.15) is 5.75 Å². The maximum absolute atomic E-state index is 11.5. The molecule has 0 N–H and O–H groups in total. The lowest BCUT2D eigenvalue weighted by atomic mass is 10.1. The smallest absolute Gasteiger partial charge is 0.162 e. The van der Waals surface area contributed by atoms with Crippen LogP contribution >= 0.6 is 0 Å². The third kappa shape index (κ3) is 4.62. The first-order valence-electron chi connectivity index (χ1n) is 7.35. The second kappa shape index (κ2) is 8.02. The third-order valence-corrected chi connectivity index (χ3v) is 3.49. The molecule has 0 radical (unpaired) electrons. The Bertz CT molecular complexity index is 410. The zero-order valence-corrected chi connectivity index (χ0v) is 12.1. The van der Waals surface area contributed by atoms with E-state index in [1.807, 2.05) is 31.2 Å². The average molecular weight is 277 g/mol. The Morgan fingerprint density at radius 3 is 2.60 bits per heavy atom. The van der Waals surface area contributed by atoms with Gasteiger partial charge in [0.15, 0.2) is 5.78 Å². The summed E-state index contributed by atoms with van der Waals surface area (Å²) in [5, 5.41) is 0. The van der Waals surface area contributed by atoms with Crippen LogP contribution in [0.4, 0.5) is 0 Å². The first-order chi connectivity index (χ1) is 9.79. The summed E-state index contributed by atoms with van der Waals surface area (Å²) in [6.45, 7) is 7.36. The van der Waals surface area contributed by atoms with Crippen molar-refractivity contribution < 1.29 is 14.3 Å². The quantitative estimate of drug-likeness (QED) is 0.566. The summed E-state index contributed by atoms with van der Waals surface area (Å²) in [4.78, 5) is 13.9. The van der Waals surface area contributed by atoms with Crippen LogP contribution in [-0.4, -0.2) is 50.1 Å². The summed E-state index contributed by atoms with van der Waals surface area (Å²) < 4.78 is 11.0. The van der Waals surface area contributed by atoms with Crippen molar-refractivity contribution >= 4 is 5.78 Å². The van der Waals surface area contributed by atoms with E-state index in [2.05, 4.69) is 4.90 Å². The lowest BCUT2D eigenvalue weighted by Crippen LogP contribution is -2.37. The van der Waals surface area contributed by atoms with Gasteiger partial charge in [0.25, 0.3) is 0 Å². The zero-order chi connectivity index (χ0) is 14.2. The van der Waals surface area contributed by atoms with Gasteiger partial charge in [0.05, 0.1) is 19.8 Å². The third-order valence-electron chi connectivity index (χ3n) is 3.49. The second-order valence-electron chi connectivity index (χ2n) is 4.96. The predicted molar refractivity (Wildman–Crippen MR) is 78.4 cm³/mol. The Morgan fingerprint density at radius 1 is 1.25 bits per heavy atom. The van der Waals surface area contributed by atoms with Gasteiger partial charge in [-0.3, -0.25) is 9.69 Å². The van der Waals surface area contributed by atoms with Crippen LogP contribution in [0.2, 0.25) is 0 Å². The minimum absolute atomic E-state index is 0.170. The number of carbonyl (C=O) groups is 1. The highest BCUT2D eigenvalue weighted by atomic mass is 16.5. The van der Waals surface area contributed by atoms with Gasteiger partial charge in [0.2, 0.25) is 0 Å². The van der Waals surface area contributed by atoms with Gasteiger partial charge in [-0.2, -0.15) is 0 Å². The molecule has 1 aliphatic heterocycles. The monoisotopic (exact) mass is 277 g/mol. The Labute approximate surface area is 120 Å². The fourth-order valence-corrected chi connectivity index (χ4v) is 2.24. The van der Waals surface area contributed by atoms with Gasteiger partial charge in [-0.15, -0.1) is 0 Å². The Morgan fingerprint density at radius 2 is 1.95 bits per heavy atom. The highest BCUT2D eigenvalue weighted by Gasteiger charge is 2.09. The second-order valence-corrected chi connectivity index (χ2v) is 4.96. The van der Waals surface area contributed by atoms with Crippen LogP contribution < -0.4 is 4.74 Å². The first kappa shape index (κ1) is 15.0. The van der Waals surface area contributed by atoms with Gasteiger partial charge < -0.3 is 9.47 Å². The molecule has 0 unspecified atom stereocenters. The van der Waals surface area contributed by atoms with E-state index in [1.54, 1.807) is 0 Å². The number of hydrogen-bond donors (Lipinski definition) is 0. The standard InChI is InChI=1S/C16H23NO3/c1-2-16(18)14-4-6-15(7-5-14)20-11-3-8-17-9-12-19-13-10-17/h4-7H,2-3,8-13H2,1H3. The van der Waals surface area contributed by atoms with Crippen LogP contribution in [0.15, 0.2) is 24.3 Å². The Kier molecular flexibility index (Phi) is 6.02. The van der Waals surface area contributed by atoms with Crippen molar-refractivity contribution in [2.75, 3.05) is 39.5 Å². The highest BCUT2D eigenvalue weighted by Crippen LogP contribution is 2.13. The molecule has 1 aromatic rings. The van der Waals surface area contributed by atoms with Gasteiger partial charge >= 0.3 is 0 Å². The van der Waals surface area contributed by atoms with Crippen molar-refractivity contribution in [3.8, 4) is 5.75 Å². The maximum Gasteiger partial charge on any atom is 0.162 e. The molecule has 0 amide bonds. The first-order valence-corrected chi connectivity index (χ1v) is 7.35. The fourth-order valence-electron chi connectivity index (χ4n) is 2.24. The number of hydrogen-bond acceptors (Lipinski definition) is 4. The molecule has 4 nitrogen and oxygen atoms in total. The number of nitrogens with zero attached hydrogens (tertiary/aromatic N) is 1. The van der Waals surface area contributed by atoms with Crippen LogP contribution in [0.25, 0.3) is 0 Å². The molecule has 0 atom stereocenters. The summed E-state index contributed by atoms with van der Waals surface area (Å²) in [6.07, 6.45) is 1.55. The molecule has 1 fully saturated rings. The van der Waals surface area contributed by atoms with Gasteiger partial charge in [-0.25, -0.2) is 0 Å². The number of Topliss-reactive ketones (excluding diaryl/α,β-unsaturated/α-hetero) is 1. The molecular formula is C16H23NO3.